The number of carboxylic acid groups (broad SMARTS) is 1. The van der Waals surface area contributed by atoms with Gasteiger partial charge in [-0.25, -0.2) is 9.18 Å². The van der Waals surface area contributed by atoms with Gasteiger partial charge in [0.25, 0.3) is 0 Å². The topological polar surface area (TPSA) is 101 Å². The molecule has 0 atom stereocenters. The fourth-order valence-corrected chi connectivity index (χ4v) is 3.36. The molecule has 0 spiro atoms. The lowest BCUT2D eigenvalue weighted by Crippen LogP contribution is -2.24. The minimum absolute atomic E-state index is 0.108. The van der Waals surface area contributed by atoms with Crippen molar-refractivity contribution < 1.29 is 14.3 Å². The quantitative estimate of drug-likeness (QED) is 0.538. The van der Waals surface area contributed by atoms with Gasteiger partial charge in [-0.2, -0.15) is 0 Å². The molecule has 8 heteroatoms. The van der Waals surface area contributed by atoms with Gasteiger partial charge in [-0.05, 0) is 64.5 Å². The number of rotatable bonds is 10. The molecule has 152 valence electrons. The highest BCUT2D eigenvalue weighted by Gasteiger charge is 2.27. The van der Waals surface area contributed by atoms with Crippen LogP contribution in [0.5, 0.6) is 0 Å². The molecule has 4 N–H and O–H groups in total. The SMILES string of the molecule is CN(CCCN)CCCNc1cc2c(cc1F)c(=O)c(C(=O)O)cn2C1CC1. The monoisotopic (exact) mass is 390 g/mol. The summed E-state index contributed by atoms with van der Waals surface area (Å²) in [5.74, 6) is -1.84. The lowest BCUT2D eigenvalue weighted by atomic mass is 10.1. The molecular weight excluding hydrogens is 363 g/mol. The number of halogens is 1. The van der Waals surface area contributed by atoms with E-state index in [0.29, 0.717) is 24.3 Å². The number of nitrogens with two attached hydrogens (primary N) is 1. The van der Waals surface area contributed by atoms with E-state index in [9.17, 15) is 19.1 Å². The summed E-state index contributed by atoms with van der Waals surface area (Å²) in [4.78, 5) is 26.0. The second-order valence-corrected chi connectivity index (χ2v) is 7.39. The molecule has 7 nitrogen and oxygen atoms in total. The Morgan fingerprint density at radius 2 is 2.07 bits per heavy atom. The van der Waals surface area contributed by atoms with Crippen molar-refractivity contribution in [3.05, 3.63) is 39.9 Å². The van der Waals surface area contributed by atoms with E-state index in [0.717, 1.165) is 44.8 Å². The summed E-state index contributed by atoms with van der Waals surface area (Å²) >= 11 is 0. The molecular formula is C20H27FN4O3. The van der Waals surface area contributed by atoms with Crippen LogP contribution in [0, 0.1) is 5.82 Å². The maximum atomic E-state index is 14.6. The van der Waals surface area contributed by atoms with Gasteiger partial charge in [-0.1, -0.05) is 0 Å². The number of hydrogen-bond donors (Lipinski definition) is 3. The number of carboxylic acids is 1. The third kappa shape index (κ3) is 4.51. The number of carbonyl (C=O) groups is 1. The zero-order valence-electron chi connectivity index (χ0n) is 16.1. The number of aromatic nitrogens is 1. The van der Waals surface area contributed by atoms with Crippen molar-refractivity contribution in [2.75, 3.05) is 38.5 Å². The Kier molecular flexibility index (Phi) is 6.31. The van der Waals surface area contributed by atoms with Crippen molar-refractivity contribution in [3.63, 3.8) is 0 Å². The molecule has 1 aliphatic carbocycles. The van der Waals surface area contributed by atoms with Crippen molar-refractivity contribution in [3.8, 4) is 0 Å². The predicted molar refractivity (Wildman–Crippen MR) is 108 cm³/mol. The number of anilines is 1. The minimum Gasteiger partial charge on any atom is -0.477 e. The van der Waals surface area contributed by atoms with E-state index in [4.69, 9.17) is 5.73 Å². The summed E-state index contributed by atoms with van der Waals surface area (Å²) in [6.07, 6.45) is 5.02. The lowest BCUT2D eigenvalue weighted by molar-refractivity contribution is 0.0695. The van der Waals surface area contributed by atoms with Gasteiger partial charge in [0.05, 0.1) is 11.2 Å². The Labute approximate surface area is 162 Å². The van der Waals surface area contributed by atoms with Crippen molar-refractivity contribution in [1.82, 2.24) is 9.47 Å². The number of hydrogen-bond acceptors (Lipinski definition) is 5. The Morgan fingerprint density at radius 3 is 2.71 bits per heavy atom. The first-order chi connectivity index (χ1) is 13.4. The van der Waals surface area contributed by atoms with Gasteiger partial charge in [0, 0.05) is 24.2 Å². The zero-order chi connectivity index (χ0) is 20.3. The van der Waals surface area contributed by atoms with Crippen molar-refractivity contribution in [2.24, 2.45) is 5.73 Å². The molecule has 0 saturated heterocycles. The van der Waals surface area contributed by atoms with Gasteiger partial charge in [0.1, 0.15) is 11.4 Å². The average molecular weight is 390 g/mol. The molecule has 3 rings (SSSR count). The van der Waals surface area contributed by atoms with E-state index in [1.54, 1.807) is 10.6 Å². The molecule has 0 aliphatic heterocycles. The second-order valence-electron chi connectivity index (χ2n) is 7.39. The van der Waals surface area contributed by atoms with Crippen LogP contribution in [0.25, 0.3) is 10.9 Å². The lowest BCUT2D eigenvalue weighted by Gasteiger charge is -2.17. The van der Waals surface area contributed by atoms with Crippen molar-refractivity contribution >= 4 is 22.6 Å². The standard InChI is InChI=1S/C20H27FN4O3/c1-24(8-2-6-22)9-3-7-23-17-11-18-14(10-16(17)21)19(26)15(20(27)28)12-25(18)13-4-5-13/h10-13,23H,2-9,22H2,1H3,(H,27,28). The van der Waals surface area contributed by atoms with Crippen LogP contribution in [-0.4, -0.2) is 53.8 Å². The summed E-state index contributed by atoms with van der Waals surface area (Å²) in [5, 5.41) is 12.5. The molecule has 1 aromatic heterocycles. The average Bonchev–Trinajstić information content (AvgIpc) is 3.49. The van der Waals surface area contributed by atoms with Gasteiger partial charge in [-0.15, -0.1) is 0 Å². The van der Waals surface area contributed by atoms with Crippen LogP contribution >= 0.6 is 0 Å². The van der Waals surface area contributed by atoms with E-state index in [1.165, 1.54) is 6.20 Å². The highest BCUT2D eigenvalue weighted by atomic mass is 19.1. The number of aromatic carboxylic acids is 1. The van der Waals surface area contributed by atoms with E-state index < -0.39 is 17.2 Å². The van der Waals surface area contributed by atoms with E-state index >= 15 is 0 Å². The number of benzene rings is 1. The third-order valence-corrected chi connectivity index (χ3v) is 5.07. The predicted octanol–water partition coefficient (Wildman–Crippen LogP) is 2.26. The summed E-state index contributed by atoms with van der Waals surface area (Å²) in [7, 11) is 2.03. The molecule has 0 radical (unpaired) electrons. The normalized spacial score (nSPS) is 14.0. The summed E-state index contributed by atoms with van der Waals surface area (Å²) in [6.45, 7) is 3.06. The number of nitrogens with one attached hydrogen (secondary N) is 1. The molecule has 1 aliphatic rings. The first-order valence-corrected chi connectivity index (χ1v) is 9.66. The molecule has 28 heavy (non-hydrogen) atoms. The molecule has 2 aromatic rings. The molecule has 1 aromatic carbocycles. The Morgan fingerprint density at radius 1 is 1.36 bits per heavy atom. The molecule has 1 heterocycles. The van der Waals surface area contributed by atoms with Gasteiger partial charge in [-0.3, -0.25) is 4.79 Å². The smallest absolute Gasteiger partial charge is 0.341 e. The molecule has 0 amide bonds. The number of nitrogens with zero attached hydrogens (tertiary/aromatic N) is 2. The largest absolute Gasteiger partial charge is 0.477 e. The molecule has 1 saturated carbocycles. The number of fused-ring (bicyclic) bond motifs is 1. The van der Waals surface area contributed by atoms with Crippen LogP contribution in [0.15, 0.2) is 23.1 Å². The summed E-state index contributed by atoms with van der Waals surface area (Å²) < 4.78 is 16.3. The van der Waals surface area contributed by atoms with Crippen molar-refractivity contribution in [2.45, 2.75) is 31.7 Å². The molecule has 0 bridgehead atoms. The first kappa shape index (κ1) is 20.3. The number of pyridine rings is 1. The van der Waals surface area contributed by atoms with E-state index in [-0.39, 0.29) is 17.0 Å². The summed E-state index contributed by atoms with van der Waals surface area (Å²) in [6, 6.07) is 2.93. The van der Waals surface area contributed by atoms with Crippen LogP contribution in [0.2, 0.25) is 0 Å². The Balaban J connectivity index is 1.80. The van der Waals surface area contributed by atoms with Crippen LogP contribution in [0.3, 0.4) is 0 Å². The van der Waals surface area contributed by atoms with E-state index in [2.05, 4.69) is 10.2 Å². The molecule has 1 fully saturated rings. The highest BCUT2D eigenvalue weighted by molar-refractivity contribution is 5.93. The third-order valence-electron chi connectivity index (χ3n) is 5.07. The highest BCUT2D eigenvalue weighted by Crippen LogP contribution is 2.37. The van der Waals surface area contributed by atoms with Gasteiger partial charge < -0.3 is 25.6 Å². The van der Waals surface area contributed by atoms with Gasteiger partial charge in [0.15, 0.2) is 0 Å². The van der Waals surface area contributed by atoms with Crippen LogP contribution in [0.1, 0.15) is 42.1 Å². The zero-order valence-corrected chi connectivity index (χ0v) is 16.1. The van der Waals surface area contributed by atoms with Crippen molar-refractivity contribution in [1.29, 1.82) is 0 Å². The first-order valence-electron chi connectivity index (χ1n) is 9.66. The maximum Gasteiger partial charge on any atom is 0.341 e. The fourth-order valence-electron chi connectivity index (χ4n) is 3.36. The fraction of sp³-hybridized carbons (Fsp3) is 0.500. The minimum atomic E-state index is -1.29. The Hall–Kier alpha value is -2.45. The van der Waals surface area contributed by atoms with Crippen LogP contribution in [-0.2, 0) is 0 Å². The molecule has 0 unspecified atom stereocenters. The summed E-state index contributed by atoms with van der Waals surface area (Å²) in [5.41, 5.74) is 5.44. The maximum absolute atomic E-state index is 14.6. The Bertz CT molecular complexity index is 924. The van der Waals surface area contributed by atoms with Crippen LogP contribution < -0.4 is 16.5 Å². The second kappa shape index (κ2) is 8.70. The van der Waals surface area contributed by atoms with Crippen LogP contribution in [0.4, 0.5) is 10.1 Å². The van der Waals surface area contributed by atoms with Gasteiger partial charge >= 0.3 is 5.97 Å². The van der Waals surface area contributed by atoms with Gasteiger partial charge in [0.2, 0.25) is 5.43 Å². The van der Waals surface area contributed by atoms with E-state index in [1.807, 2.05) is 7.05 Å².